The van der Waals surface area contributed by atoms with E-state index in [1.807, 2.05) is 18.2 Å². The first-order chi connectivity index (χ1) is 12.1. The van der Waals surface area contributed by atoms with Crippen molar-refractivity contribution in [3.05, 3.63) is 45.2 Å². The van der Waals surface area contributed by atoms with Gasteiger partial charge in [-0.2, -0.15) is 0 Å². The number of rotatable bonds is 4. The second-order valence-corrected chi connectivity index (χ2v) is 6.58. The maximum absolute atomic E-state index is 11.0. The van der Waals surface area contributed by atoms with Gasteiger partial charge in [-0.05, 0) is 40.6 Å². The van der Waals surface area contributed by atoms with Gasteiger partial charge >= 0.3 is 5.00 Å². The van der Waals surface area contributed by atoms with Crippen LogP contribution in [-0.4, -0.2) is 28.1 Å². The Kier molecular flexibility index (Phi) is 4.02. The topological polar surface area (TPSA) is 99.4 Å². The van der Waals surface area contributed by atoms with Crippen molar-refractivity contribution in [1.29, 1.82) is 0 Å². The van der Waals surface area contributed by atoms with E-state index in [1.54, 1.807) is 0 Å². The molecule has 25 heavy (non-hydrogen) atoms. The number of halogens is 1. The van der Waals surface area contributed by atoms with Crippen molar-refractivity contribution in [3.8, 4) is 11.5 Å². The fourth-order valence-corrected chi connectivity index (χ4v) is 3.56. The minimum Gasteiger partial charge on any atom is -0.486 e. The van der Waals surface area contributed by atoms with Gasteiger partial charge in [-0.25, -0.2) is 9.97 Å². The molecule has 2 aromatic heterocycles. The second kappa shape index (κ2) is 6.34. The van der Waals surface area contributed by atoms with Gasteiger partial charge in [0.1, 0.15) is 23.9 Å². The first kappa shape index (κ1) is 15.9. The molecular weight excluding hydrogens is 368 g/mol. The summed E-state index contributed by atoms with van der Waals surface area (Å²) in [5.74, 6) is 1.87. The van der Waals surface area contributed by atoms with Crippen LogP contribution in [0.5, 0.6) is 11.5 Å². The predicted octanol–water partition coefficient (Wildman–Crippen LogP) is 3.64. The van der Waals surface area contributed by atoms with E-state index in [0.717, 1.165) is 22.6 Å². The summed E-state index contributed by atoms with van der Waals surface area (Å²) in [7, 11) is 0. The van der Waals surface area contributed by atoms with Crippen LogP contribution in [0.4, 0.5) is 10.8 Å². The molecule has 0 atom stereocenters. The SMILES string of the molecule is O=[N+]([O-])c1cc2c(NCc3ccc4c(c3)OCCO4)nc(Cl)nc2s1. The average molecular weight is 379 g/mol. The van der Waals surface area contributed by atoms with Crippen molar-refractivity contribution in [2.45, 2.75) is 6.54 Å². The Labute approximate surface area is 150 Å². The third kappa shape index (κ3) is 3.15. The summed E-state index contributed by atoms with van der Waals surface area (Å²) in [6.45, 7) is 1.51. The van der Waals surface area contributed by atoms with Crippen LogP contribution in [-0.2, 0) is 6.54 Å². The number of thiophene rings is 1. The Morgan fingerprint density at radius 1 is 1.24 bits per heavy atom. The number of benzene rings is 1. The molecule has 128 valence electrons. The van der Waals surface area contributed by atoms with E-state index in [4.69, 9.17) is 21.1 Å². The molecule has 1 aliphatic rings. The lowest BCUT2D eigenvalue weighted by Crippen LogP contribution is -2.15. The molecule has 0 bridgehead atoms. The zero-order valence-corrected chi connectivity index (χ0v) is 14.3. The van der Waals surface area contributed by atoms with E-state index in [-0.39, 0.29) is 10.3 Å². The van der Waals surface area contributed by atoms with Crippen molar-refractivity contribution >= 4 is 44.0 Å². The van der Waals surface area contributed by atoms with Crippen LogP contribution >= 0.6 is 22.9 Å². The van der Waals surface area contributed by atoms with Gasteiger partial charge < -0.3 is 14.8 Å². The molecule has 1 N–H and O–H groups in total. The van der Waals surface area contributed by atoms with Crippen molar-refractivity contribution in [2.24, 2.45) is 0 Å². The normalized spacial score (nSPS) is 13.0. The molecule has 0 spiro atoms. The van der Waals surface area contributed by atoms with Crippen LogP contribution < -0.4 is 14.8 Å². The molecule has 10 heteroatoms. The monoisotopic (exact) mass is 378 g/mol. The van der Waals surface area contributed by atoms with Crippen molar-refractivity contribution in [2.75, 3.05) is 18.5 Å². The maximum Gasteiger partial charge on any atom is 0.326 e. The number of aromatic nitrogens is 2. The maximum atomic E-state index is 11.0. The highest BCUT2D eigenvalue weighted by Gasteiger charge is 2.17. The lowest BCUT2D eigenvalue weighted by atomic mass is 10.2. The Morgan fingerprint density at radius 2 is 2.04 bits per heavy atom. The van der Waals surface area contributed by atoms with Crippen molar-refractivity contribution in [1.82, 2.24) is 9.97 Å². The summed E-state index contributed by atoms with van der Waals surface area (Å²) in [4.78, 5) is 19.2. The quantitative estimate of drug-likeness (QED) is 0.420. The van der Waals surface area contributed by atoms with Crippen LogP contribution in [0, 0.1) is 10.1 Å². The van der Waals surface area contributed by atoms with Gasteiger partial charge in [0.25, 0.3) is 0 Å². The van der Waals surface area contributed by atoms with Gasteiger partial charge in [0, 0.05) is 12.6 Å². The lowest BCUT2D eigenvalue weighted by molar-refractivity contribution is -0.380. The molecule has 8 nitrogen and oxygen atoms in total. The molecular formula is C15H11ClN4O4S. The summed E-state index contributed by atoms with van der Waals surface area (Å²) >= 11 is 6.89. The molecule has 0 saturated heterocycles. The Balaban J connectivity index is 1.61. The van der Waals surface area contributed by atoms with Crippen LogP contribution in [0.1, 0.15) is 5.56 Å². The van der Waals surface area contributed by atoms with Gasteiger partial charge in [0.15, 0.2) is 11.5 Å². The van der Waals surface area contributed by atoms with Crippen LogP contribution in [0.3, 0.4) is 0 Å². The zero-order valence-electron chi connectivity index (χ0n) is 12.7. The molecule has 3 heterocycles. The van der Waals surface area contributed by atoms with Crippen molar-refractivity contribution < 1.29 is 14.4 Å². The summed E-state index contributed by atoms with van der Waals surface area (Å²) < 4.78 is 11.1. The third-order valence-corrected chi connectivity index (χ3v) is 4.75. The highest BCUT2D eigenvalue weighted by atomic mass is 35.5. The van der Waals surface area contributed by atoms with Crippen molar-refractivity contribution in [3.63, 3.8) is 0 Å². The lowest BCUT2D eigenvalue weighted by Gasteiger charge is -2.19. The number of anilines is 1. The number of nitro groups is 1. The standard InChI is InChI=1S/C15H11ClN4O4S/c16-15-18-13(9-6-12(20(21)22)25-14(9)19-15)17-7-8-1-2-10-11(5-8)24-4-3-23-10/h1-2,5-6H,3-4,7H2,(H,17,18,19). The highest BCUT2D eigenvalue weighted by molar-refractivity contribution is 7.21. The number of fused-ring (bicyclic) bond motifs is 2. The van der Waals surface area contributed by atoms with Crippen LogP contribution in [0.2, 0.25) is 5.28 Å². The van der Waals surface area contributed by atoms with E-state index in [2.05, 4.69) is 15.3 Å². The Hall–Kier alpha value is -2.65. The predicted molar refractivity (Wildman–Crippen MR) is 93.8 cm³/mol. The minimum absolute atomic E-state index is 0.00561. The average Bonchev–Trinajstić information content (AvgIpc) is 3.04. The molecule has 0 aliphatic carbocycles. The largest absolute Gasteiger partial charge is 0.486 e. The third-order valence-electron chi connectivity index (χ3n) is 3.60. The number of hydrogen-bond acceptors (Lipinski definition) is 8. The highest BCUT2D eigenvalue weighted by Crippen LogP contribution is 2.35. The molecule has 1 aliphatic heterocycles. The van der Waals surface area contributed by atoms with Crippen LogP contribution in [0.25, 0.3) is 10.2 Å². The van der Waals surface area contributed by atoms with E-state index in [1.165, 1.54) is 6.07 Å². The summed E-state index contributed by atoms with van der Waals surface area (Å²) in [6, 6.07) is 7.10. The van der Waals surface area contributed by atoms with Gasteiger partial charge in [-0.15, -0.1) is 0 Å². The molecule has 0 radical (unpaired) electrons. The first-order valence-electron chi connectivity index (χ1n) is 7.34. The second-order valence-electron chi connectivity index (χ2n) is 5.23. The number of nitrogens with zero attached hydrogens (tertiary/aromatic N) is 3. The molecule has 1 aromatic carbocycles. The molecule has 0 saturated carbocycles. The summed E-state index contributed by atoms with van der Waals surface area (Å²) in [5.41, 5.74) is 0.955. The summed E-state index contributed by atoms with van der Waals surface area (Å²) in [5, 5.41) is 14.7. The Morgan fingerprint density at radius 3 is 2.84 bits per heavy atom. The number of ether oxygens (including phenoxy) is 2. The van der Waals surface area contributed by atoms with E-state index < -0.39 is 4.92 Å². The smallest absolute Gasteiger partial charge is 0.326 e. The Bertz CT molecular complexity index is 978. The molecule has 0 amide bonds. The van der Waals surface area contributed by atoms with Gasteiger partial charge in [-0.3, -0.25) is 10.1 Å². The number of nitrogens with one attached hydrogen (secondary N) is 1. The van der Waals surface area contributed by atoms with Gasteiger partial charge in [0.05, 0.1) is 10.3 Å². The molecule has 4 rings (SSSR count). The minimum atomic E-state index is -0.454. The zero-order chi connectivity index (χ0) is 17.4. The van der Waals surface area contributed by atoms with Crippen LogP contribution in [0.15, 0.2) is 24.3 Å². The fourth-order valence-electron chi connectivity index (χ4n) is 2.49. The molecule has 3 aromatic rings. The molecule has 0 fully saturated rings. The molecule has 0 unspecified atom stereocenters. The number of hydrogen-bond donors (Lipinski definition) is 1. The first-order valence-corrected chi connectivity index (χ1v) is 8.53. The van der Waals surface area contributed by atoms with E-state index in [9.17, 15) is 10.1 Å². The van der Waals surface area contributed by atoms with E-state index in [0.29, 0.717) is 41.5 Å². The fraction of sp³-hybridized carbons (Fsp3) is 0.200. The van der Waals surface area contributed by atoms with Gasteiger partial charge in [-0.1, -0.05) is 6.07 Å². The summed E-state index contributed by atoms with van der Waals surface area (Å²) in [6.07, 6.45) is 0. The van der Waals surface area contributed by atoms with Gasteiger partial charge in [0.2, 0.25) is 5.28 Å². The van der Waals surface area contributed by atoms with E-state index >= 15 is 0 Å².